The van der Waals surface area contributed by atoms with Crippen LogP contribution in [0.4, 0.5) is 0 Å². The van der Waals surface area contributed by atoms with Crippen LogP contribution in [0.2, 0.25) is 0 Å². The van der Waals surface area contributed by atoms with Crippen molar-refractivity contribution < 1.29 is 5.11 Å². The lowest BCUT2D eigenvalue weighted by atomic mass is 9.56. The molecule has 2 rings (SSSR count). The lowest BCUT2D eigenvalue weighted by molar-refractivity contribution is -0.131. The van der Waals surface area contributed by atoms with Gasteiger partial charge in [-0.3, -0.25) is 0 Å². The molecule has 2 aliphatic rings. The normalized spacial score (nSPS) is 50.5. The van der Waals surface area contributed by atoms with E-state index in [0.29, 0.717) is 10.8 Å². The molecular weight excluding hydrogens is 136 g/mol. The Kier molecular flexibility index (Phi) is 1.05. The monoisotopic (exact) mass is 154 g/mol. The maximum absolute atomic E-state index is 9.90. The van der Waals surface area contributed by atoms with Crippen LogP contribution in [0.1, 0.15) is 40.5 Å². The van der Waals surface area contributed by atoms with Gasteiger partial charge in [0.05, 0.1) is 6.10 Å². The van der Waals surface area contributed by atoms with E-state index in [4.69, 9.17) is 0 Å². The zero-order valence-electron chi connectivity index (χ0n) is 7.94. The molecule has 0 radical (unpaired) electrons. The summed E-state index contributed by atoms with van der Waals surface area (Å²) in [7, 11) is 0. The van der Waals surface area contributed by atoms with E-state index >= 15 is 0 Å². The average Bonchev–Trinajstić information content (AvgIpc) is 2.35. The van der Waals surface area contributed by atoms with Gasteiger partial charge >= 0.3 is 0 Å². The third kappa shape index (κ3) is 0.658. The summed E-state index contributed by atoms with van der Waals surface area (Å²) in [4.78, 5) is 0. The summed E-state index contributed by atoms with van der Waals surface area (Å²) >= 11 is 0. The van der Waals surface area contributed by atoms with Crippen molar-refractivity contribution in [1.29, 1.82) is 0 Å². The minimum atomic E-state index is -0.0509. The topological polar surface area (TPSA) is 20.2 Å². The first-order chi connectivity index (χ1) is 4.82. The van der Waals surface area contributed by atoms with Gasteiger partial charge in [0.1, 0.15) is 0 Å². The molecule has 0 amide bonds. The molecule has 0 aromatic rings. The number of aliphatic hydroxyl groups excluding tert-OH is 1. The standard InChI is InChI=1S/C10H18O/c1-8(2)5-10(7(8)11)6-9(10,3)4/h7,11H,5-6H2,1-4H3. The second-order valence-corrected chi connectivity index (χ2v) is 5.78. The fourth-order valence-electron chi connectivity index (χ4n) is 3.14. The highest BCUT2D eigenvalue weighted by molar-refractivity contribution is 5.23. The summed E-state index contributed by atoms with van der Waals surface area (Å²) in [6.07, 6.45) is 2.39. The molecule has 2 atom stereocenters. The molecule has 1 spiro atoms. The van der Waals surface area contributed by atoms with Crippen LogP contribution in [0.5, 0.6) is 0 Å². The first kappa shape index (κ1) is 7.60. The summed E-state index contributed by atoms with van der Waals surface area (Å²) in [6, 6.07) is 0. The fraction of sp³-hybridized carbons (Fsp3) is 1.00. The third-order valence-corrected chi connectivity index (χ3v) is 4.01. The molecule has 11 heavy (non-hydrogen) atoms. The quantitative estimate of drug-likeness (QED) is 0.567. The Labute approximate surface area is 68.8 Å². The van der Waals surface area contributed by atoms with Crippen molar-refractivity contribution in [1.82, 2.24) is 0 Å². The third-order valence-electron chi connectivity index (χ3n) is 4.01. The Morgan fingerprint density at radius 1 is 1.09 bits per heavy atom. The number of aliphatic hydroxyl groups is 1. The Morgan fingerprint density at radius 2 is 1.55 bits per heavy atom. The van der Waals surface area contributed by atoms with E-state index in [1.807, 2.05) is 0 Å². The van der Waals surface area contributed by atoms with Crippen LogP contribution >= 0.6 is 0 Å². The minimum absolute atomic E-state index is 0.0509. The predicted molar refractivity (Wildman–Crippen MR) is 45.2 cm³/mol. The van der Waals surface area contributed by atoms with E-state index in [1.54, 1.807) is 0 Å². The van der Waals surface area contributed by atoms with E-state index in [1.165, 1.54) is 12.8 Å². The van der Waals surface area contributed by atoms with Crippen molar-refractivity contribution in [2.24, 2.45) is 16.2 Å². The lowest BCUT2D eigenvalue weighted by Crippen LogP contribution is -2.52. The summed E-state index contributed by atoms with van der Waals surface area (Å²) in [5, 5.41) is 9.90. The molecule has 0 aromatic heterocycles. The second-order valence-electron chi connectivity index (χ2n) is 5.78. The van der Waals surface area contributed by atoms with Gasteiger partial charge in [0, 0.05) is 5.41 Å². The molecule has 1 heteroatoms. The van der Waals surface area contributed by atoms with Crippen LogP contribution in [0.15, 0.2) is 0 Å². The van der Waals surface area contributed by atoms with Crippen LogP contribution in [-0.4, -0.2) is 11.2 Å². The molecule has 2 saturated carbocycles. The molecule has 2 fully saturated rings. The van der Waals surface area contributed by atoms with Crippen molar-refractivity contribution in [3.05, 3.63) is 0 Å². The molecule has 0 aromatic carbocycles. The smallest absolute Gasteiger partial charge is 0.0653 e. The van der Waals surface area contributed by atoms with Gasteiger partial charge in [-0.2, -0.15) is 0 Å². The molecule has 2 unspecified atom stereocenters. The molecule has 1 nitrogen and oxygen atoms in total. The van der Waals surface area contributed by atoms with Crippen molar-refractivity contribution in [3.8, 4) is 0 Å². The summed E-state index contributed by atoms with van der Waals surface area (Å²) < 4.78 is 0. The predicted octanol–water partition coefficient (Wildman–Crippen LogP) is 2.19. The van der Waals surface area contributed by atoms with E-state index in [9.17, 15) is 5.11 Å². The molecular formula is C10H18O. The molecule has 2 aliphatic carbocycles. The molecule has 0 bridgehead atoms. The van der Waals surface area contributed by atoms with E-state index in [0.717, 1.165) is 0 Å². The highest BCUT2D eigenvalue weighted by atomic mass is 16.3. The highest BCUT2D eigenvalue weighted by Gasteiger charge is 2.74. The van der Waals surface area contributed by atoms with Crippen molar-refractivity contribution in [3.63, 3.8) is 0 Å². The van der Waals surface area contributed by atoms with Gasteiger partial charge in [0.2, 0.25) is 0 Å². The lowest BCUT2D eigenvalue weighted by Gasteiger charge is -2.51. The largest absolute Gasteiger partial charge is 0.392 e. The summed E-state index contributed by atoms with van der Waals surface area (Å²) in [5.41, 5.74) is 0.923. The van der Waals surface area contributed by atoms with Crippen LogP contribution < -0.4 is 0 Å². The molecule has 1 N–H and O–H groups in total. The van der Waals surface area contributed by atoms with Gasteiger partial charge < -0.3 is 5.11 Å². The van der Waals surface area contributed by atoms with Crippen LogP contribution in [0.25, 0.3) is 0 Å². The van der Waals surface area contributed by atoms with Gasteiger partial charge in [-0.25, -0.2) is 0 Å². The Balaban J connectivity index is 2.16. The molecule has 0 heterocycles. The van der Waals surface area contributed by atoms with Gasteiger partial charge in [0.15, 0.2) is 0 Å². The first-order valence-corrected chi connectivity index (χ1v) is 4.50. The van der Waals surface area contributed by atoms with E-state index in [-0.39, 0.29) is 11.5 Å². The van der Waals surface area contributed by atoms with Crippen LogP contribution in [-0.2, 0) is 0 Å². The van der Waals surface area contributed by atoms with E-state index in [2.05, 4.69) is 27.7 Å². The Bertz CT molecular complexity index is 203. The highest BCUT2D eigenvalue weighted by Crippen LogP contribution is 2.78. The van der Waals surface area contributed by atoms with Crippen LogP contribution in [0.3, 0.4) is 0 Å². The zero-order chi connectivity index (χ0) is 8.49. The SMILES string of the molecule is CC1(C)CC2(CC2(C)C)C1O. The molecule has 64 valence electrons. The van der Waals surface area contributed by atoms with Gasteiger partial charge in [-0.05, 0) is 23.7 Å². The summed E-state index contributed by atoms with van der Waals surface area (Å²) in [6.45, 7) is 8.87. The minimum Gasteiger partial charge on any atom is -0.392 e. The van der Waals surface area contributed by atoms with Crippen LogP contribution in [0, 0.1) is 16.2 Å². The summed E-state index contributed by atoms with van der Waals surface area (Å²) in [5.74, 6) is 0. The van der Waals surface area contributed by atoms with Crippen molar-refractivity contribution in [2.45, 2.75) is 46.6 Å². The molecule has 0 aliphatic heterocycles. The number of rotatable bonds is 0. The molecule has 0 saturated heterocycles. The fourth-order valence-corrected chi connectivity index (χ4v) is 3.14. The van der Waals surface area contributed by atoms with Gasteiger partial charge in [0.25, 0.3) is 0 Å². The Hall–Kier alpha value is -0.0400. The second kappa shape index (κ2) is 1.52. The zero-order valence-corrected chi connectivity index (χ0v) is 7.94. The van der Waals surface area contributed by atoms with Crippen molar-refractivity contribution in [2.75, 3.05) is 0 Å². The maximum atomic E-state index is 9.90. The van der Waals surface area contributed by atoms with Crippen molar-refractivity contribution >= 4 is 0 Å². The van der Waals surface area contributed by atoms with Gasteiger partial charge in [-0.1, -0.05) is 27.7 Å². The maximum Gasteiger partial charge on any atom is 0.0653 e. The van der Waals surface area contributed by atoms with Gasteiger partial charge in [-0.15, -0.1) is 0 Å². The first-order valence-electron chi connectivity index (χ1n) is 4.50. The Morgan fingerprint density at radius 3 is 1.64 bits per heavy atom. The van der Waals surface area contributed by atoms with E-state index < -0.39 is 0 Å². The average molecular weight is 154 g/mol. The number of hydrogen-bond donors (Lipinski definition) is 1. The number of hydrogen-bond acceptors (Lipinski definition) is 1.